The maximum Gasteiger partial charge on any atom is 0.0580 e. The smallest absolute Gasteiger partial charge is 0.0580 e. The molecule has 1 aromatic heterocycles. The Morgan fingerprint density at radius 2 is 1.77 bits per heavy atom. The molecule has 0 aliphatic heterocycles. The lowest BCUT2D eigenvalue weighted by Gasteiger charge is -2.27. The predicted octanol–water partition coefficient (Wildman–Crippen LogP) is 4.34. The van der Waals surface area contributed by atoms with Crippen molar-refractivity contribution < 1.29 is 0 Å². The van der Waals surface area contributed by atoms with Crippen LogP contribution >= 0.6 is 11.3 Å². The first-order valence-electron chi connectivity index (χ1n) is 5.28. The summed E-state index contributed by atoms with van der Waals surface area (Å²) in [6, 6.07) is 10.2. The van der Waals surface area contributed by atoms with E-state index in [1.54, 1.807) is 4.88 Å². The fourth-order valence-electron chi connectivity index (χ4n) is 1.91. The normalized spacial score (nSPS) is 11.9. The molecule has 0 saturated carbocycles. The van der Waals surface area contributed by atoms with Crippen molar-refractivity contribution in [3.05, 3.63) is 22.4 Å². The van der Waals surface area contributed by atoms with Crippen LogP contribution in [0.1, 0.15) is 25.6 Å². The first-order valence-corrected chi connectivity index (χ1v) is 8.99. The van der Waals surface area contributed by atoms with Crippen LogP contribution in [0.2, 0.25) is 18.1 Å². The summed E-state index contributed by atoms with van der Waals surface area (Å²) in [5.41, 5.74) is 0. The van der Waals surface area contributed by atoms with Crippen LogP contribution in [-0.2, 0) is 6.04 Å². The van der Waals surface area contributed by atoms with E-state index in [9.17, 15) is 0 Å². The molecule has 0 fully saturated rings. The molecule has 0 unspecified atom stereocenters. The van der Waals surface area contributed by atoms with E-state index in [0.29, 0.717) is 0 Å². The van der Waals surface area contributed by atoms with Crippen molar-refractivity contribution in [3.8, 4) is 0 Å². The zero-order valence-electron chi connectivity index (χ0n) is 8.97. The van der Waals surface area contributed by atoms with Crippen LogP contribution in [0.15, 0.2) is 17.5 Å². The number of rotatable bonds is 5. The highest BCUT2D eigenvalue weighted by Gasteiger charge is 2.26. The van der Waals surface area contributed by atoms with Crippen molar-refractivity contribution in [2.45, 2.75) is 44.9 Å². The summed E-state index contributed by atoms with van der Waals surface area (Å²) in [5, 5.41) is 2.20. The Balaban J connectivity index is 2.67. The molecule has 0 saturated heterocycles. The molecule has 2 heteroatoms. The molecule has 0 radical (unpaired) electrons. The van der Waals surface area contributed by atoms with Gasteiger partial charge in [-0.3, -0.25) is 0 Å². The second-order valence-electron chi connectivity index (χ2n) is 3.82. The van der Waals surface area contributed by atoms with E-state index < -0.39 is 8.07 Å². The Morgan fingerprint density at radius 3 is 2.15 bits per heavy atom. The van der Waals surface area contributed by atoms with Gasteiger partial charge in [-0.05, 0) is 17.5 Å². The van der Waals surface area contributed by atoms with Crippen molar-refractivity contribution in [2.24, 2.45) is 0 Å². The van der Waals surface area contributed by atoms with Gasteiger partial charge in [0.15, 0.2) is 0 Å². The van der Waals surface area contributed by atoms with Crippen LogP contribution in [0.25, 0.3) is 0 Å². The molecule has 0 N–H and O–H groups in total. The Labute approximate surface area is 87.0 Å². The summed E-state index contributed by atoms with van der Waals surface area (Å²) < 4.78 is 0. The first kappa shape index (κ1) is 11.0. The molecule has 74 valence electrons. The van der Waals surface area contributed by atoms with Gasteiger partial charge in [-0.1, -0.05) is 45.0 Å². The predicted molar refractivity (Wildman–Crippen MR) is 65.2 cm³/mol. The lowest BCUT2D eigenvalue weighted by molar-refractivity contribution is 1.11. The first-order chi connectivity index (χ1) is 6.26. The monoisotopic (exact) mass is 212 g/mol. The summed E-state index contributed by atoms with van der Waals surface area (Å²) >= 11 is 1.93. The minimum atomic E-state index is -0.912. The minimum absolute atomic E-state index is 0.912. The van der Waals surface area contributed by atoms with Gasteiger partial charge in [-0.15, -0.1) is 11.3 Å². The Hall–Kier alpha value is -0.0831. The van der Waals surface area contributed by atoms with Crippen LogP contribution in [0.4, 0.5) is 0 Å². The van der Waals surface area contributed by atoms with Gasteiger partial charge in [0.25, 0.3) is 0 Å². The van der Waals surface area contributed by atoms with E-state index in [1.807, 2.05) is 11.3 Å². The van der Waals surface area contributed by atoms with Gasteiger partial charge in [0, 0.05) is 4.88 Å². The third-order valence-corrected chi connectivity index (χ3v) is 10.1. The fourth-order valence-corrected chi connectivity index (χ4v) is 6.76. The Bertz CT molecular complexity index is 216. The fraction of sp³-hybridized carbons (Fsp3) is 0.636. The van der Waals surface area contributed by atoms with Crippen LogP contribution in [0.5, 0.6) is 0 Å². The van der Waals surface area contributed by atoms with E-state index in [-0.39, 0.29) is 0 Å². The maximum atomic E-state index is 2.38. The van der Waals surface area contributed by atoms with E-state index in [4.69, 9.17) is 0 Å². The molecule has 0 atom stereocenters. The third-order valence-electron chi connectivity index (χ3n) is 3.38. The second kappa shape index (κ2) is 4.96. The molecule has 0 aliphatic carbocycles. The maximum absolute atomic E-state index is 2.38. The molecule has 0 amide bonds. The highest BCUT2D eigenvalue weighted by atomic mass is 32.1. The summed E-state index contributed by atoms with van der Waals surface area (Å²) in [7, 11) is -0.912. The van der Waals surface area contributed by atoms with Crippen LogP contribution in [0, 0.1) is 0 Å². The second-order valence-corrected chi connectivity index (χ2v) is 10.3. The van der Waals surface area contributed by atoms with E-state index in [2.05, 4.69) is 38.3 Å². The van der Waals surface area contributed by atoms with Crippen LogP contribution in [-0.4, -0.2) is 8.07 Å². The number of hydrogen-bond acceptors (Lipinski definition) is 1. The van der Waals surface area contributed by atoms with Crippen LogP contribution < -0.4 is 0 Å². The molecular weight excluding hydrogens is 192 g/mol. The molecule has 0 aliphatic rings. The van der Waals surface area contributed by atoms with E-state index in [1.165, 1.54) is 24.2 Å². The molecule has 1 aromatic rings. The van der Waals surface area contributed by atoms with E-state index >= 15 is 0 Å². The van der Waals surface area contributed by atoms with Crippen molar-refractivity contribution in [3.63, 3.8) is 0 Å². The van der Waals surface area contributed by atoms with Gasteiger partial charge < -0.3 is 0 Å². The zero-order valence-corrected chi connectivity index (χ0v) is 10.8. The quantitative estimate of drug-likeness (QED) is 0.637. The van der Waals surface area contributed by atoms with Gasteiger partial charge in [0.05, 0.1) is 8.07 Å². The van der Waals surface area contributed by atoms with Gasteiger partial charge in [0.2, 0.25) is 0 Å². The zero-order chi connectivity index (χ0) is 9.73. The number of thiophene rings is 1. The van der Waals surface area contributed by atoms with E-state index in [0.717, 1.165) is 0 Å². The molecule has 0 bridgehead atoms. The molecule has 1 heterocycles. The summed E-state index contributed by atoms with van der Waals surface area (Å²) in [4.78, 5) is 1.61. The molecule has 1 rings (SSSR count). The third kappa shape index (κ3) is 2.68. The van der Waals surface area contributed by atoms with Crippen molar-refractivity contribution in [1.82, 2.24) is 0 Å². The molecule has 0 spiro atoms. The molecule has 13 heavy (non-hydrogen) atoms. The highest BCUT2D eigenvalue weighted by molar-refractivity contribution is 7.10. The van der Waals surface area contributed by atoms with Crippen molar-refractivity contribution in [2.75, 3.05) is 0 Å². The minimum Gasteiger partial charge on any atom is -0.149 e. The van der Waals surface area contributed by atoms with Gasteiger partial charge in [-0.25, -0.2) is 0 Å². The highest BCUT2D eigenvalue weighted by Crippen LogP contribution is 2.26. The van der Waals surface area contributed by atoms with Crippen LogP contribution in [0.3, 0.4) is 0 Å². The average molecular weight is 212 g/mol. The average Bonchev–Trinajstić information content (AvgIpc) is 2.67. The number of hydrogen-bond donors (Lipinski definition) is 0. The Kier molecular flexibility index (Phi) is 4.20. The standard InChI is InChI=1S/C11H20SSi/c1-4-13(5-2,6-3)10-11-8-7-9-12-11/h7-9H,4-6,10H2,1-3H3. The van der Waals surface area contributed by atoms with Crippen molar-refractivity contribution >= 4 is 19.4 Å². The largest absolute Gasteiger partial charge is 0.149 e. The Morgan fingerprint density at radius 1 is 1.15 bits per heavy atom. The molecule has 0 nitrogen and oxygen atoms in total. The topological polar surface area (TPSA) is 0 Å². The van der Waals surface area contributed by atoms with Gasteiger partial charge in [-0.2, -0.15) is 0 Å². The summed E-state index contributed by atoms with van der Waals surface area (Å²) in [6.07, 6.45) is 0. The van der Waals surface area contributed by atoms with Gasteiger partial charge >= 0.3 is 0 Å². The molecular formula is C11H20SSi. The SMILES string of the molecule is CC[Si](CC)(CC)Cc1cccs1. The van der Waals surface area contributed by atoms with Gasteiger partial charge in [0.1, 0.15) is 0 Å². The summed E-state index contributed by atoms with van der Waals surface area (Å²) in [5.74, 6) is 0. The summed E-state index contributed by atoms with van der Waals surface area (Å²) in [6.45, 7) is 7.15. The van der Waals surface area contributed by atoms with Crippen molar-refractivity contribution in [1.29, 1.82) is 0 Å². The molecule has 0 aromatic carbocycles. The lowest BCUT2D eigenvalue weighted by Crippen LogP contribution is -2.34. The lowest BCUT2D eigenvalue weighted by atomic mass is 10.5.